The summed E-state index contributed by atoms with van der Waals surface area (Å²) in [5.74, 6) is 0.242. The SMILES string of the molecule is COc1cccc(NC(=O)Cn2c(=O)n(Cc3ccc(C)c(C)c3)c(=O)c3sccc32)c1. The fraction of sp³-hybridized carbons (Fsp3) is 0.208. The molecule has 7 nitrogen and oxygen atoms in total. The third-order valence-corrected chi connectivity index (χ3v) is 6.30. The maximum atomic E-state index is 13.3. The van der Waals surface area contributed by atoms with E-state index in [1.165, 1.54) is 20.5 Å². The lowest BCUT2D eigenvalue weighted by atomic mass is 10.1. The minimum Gasteiger partial charge on any atom is -0.497 e. The van der Waals surface area contributed by atoms with Crippen molar-refractivity contribution < 1.29 is 9.53 Å². The van der Waals surface area contributed by atoms with Crippen LogP contribution in [-0.4, -0.2) is 22.2 Å². The number of benzene rings is 2. The van der Waals surface area contributed by atoms with E-state index >= 15 is 0 Å². The average molecular weight is 450 g/mol. The van der Waals surface area contributed by atoms with E-state index in [1.807, 2.05) is 32.0 Å². The molecular formula is C24H23N3O4S. The number of nitrogens with zero attached hydrogens (tertiary/aromatic N) is 2. The number of hydrogen-bond acceptors (Lipinski definition) is 5. The van der Waals surface area contributed by atoms with Gasteiger partial charge in [-0.05, 0) is 54.1 Å². The highest BCUT2D eigenvalue weighted by atomic mass is 32.1. The monoisotopic (exact) mass is 449 g/mol. The van der Waals surface area contributed by atoms with Gasteiger partial charge < -0.3 is 10.1 Å². The van der Waals surface area contributed by atoms with Crippen molar-refractivity contribution in [3.05, 3.63) is 91.4 Å². The van der Waals surface area contributed by atoms with E-state index in [-0.39, 0.29) is 24.6 Å². The van der Waals surface area contributed by atoms with Gasteiger partial charge in [-0.3, -0.25) is 18.7 Å². The second-order valence-corrected chi connectivity index (χ2v) is 8.51. The van der Waals surface area contributed by atoms with Crippen molar-refractivity contribution in [3.63, 3.8) is 0 Å². The lowest BCUT2D eigenvalue weighted by Gasteiger charge is -2.13. The van der Waals surface area contributed by atoms with Crippen LogP contribution in [0.3, 0.4) is 0 Å². The van der Waals surface area contributed by atoms with Gasteiger partial charge in [-0.25, -0.2) is 4.79 Å². The van der Waals surface area contributed by atoms with E-state index in [0.717, 1.165) is 16.7 Å². The van der Waals surface area contributed by atoms with Crippen molar-refractivity contribution in [3.8, 4) is 5.75 Å². The van der Waals surface area contributed by atoms with Crippen LogP contribution in [0.25, 0.3) is 10.2 Å². The molecule has 0 aliphatic carbocycles. The molecule has 0 saturated carbocycles. The van der Waals surface area contributed by atoms with Gasteiger partial charge >= 0.3 is 5.69 Å². The largest absolute Gasteiger partial charge is 0.497 e. The molecule has 4 aromatic rings. The maximum absolute atomic E-state index is 13.3. The zero-order chi connectivity index (χ0) is 22.8. The maximum Gasteiger partial charge on any atom is 0.332 e. The zero-order valence-electron chi connectivity index (χ0n) is 18.0. The number of amides is 1. The summed E-state index contributed by atoms with van der Waals surface area (Å²) in [6, 6.07) is 14.5. The number of anilines is 1. The number of aromatic nitrogens is 2. The molecule has 0 spiro atoms. The topological polar surface area (TPSA) is 82.3 Å². The predicted octanol–water partition coefficient (Wildman–Crippen LogP) is 3.54. The number of rotatable bonds is 6. The lowest BCUT2D eigenvalue weighted by Crippen LogP contribution is -2.41. The number of thiophene rings is 1. The number of ether oxygens (including phenoxy) is 1. The molecule has 164 valence electrons. The highest BCUT2D eigenvalue weighted by molar-refractivity contribution is 7.17. The third kappa shape index (κ3) is 4.22. The van der Waals surface area contributed by atoms with Gasteiger partial charge in [0.2, 0.25) is 5.91 Å². The van der Waals surface area contributed by atoms with Gasteiger partial charge in [0.25, 0.3) is 5.56 Å². The number of fused-ring (bicyclic) bond motifs is 1. The van der Waals surface area contributed by atoms with E-state index in [1.54, 1.807) is 42.8 Å². The van der Waals surface area contributed by atoms with Crippen LogP contribution < -0.4 is 21.3 Å². The number of aryl methyl sites for hydroxylation is 2. The van der Waals surface area contributed by atoms with Crippen LogP contribution in [0.4, 0.5) is 5.69 Å². The molecule has 0 bridgehead atoms. The van der Waals surface area contributed by atoms with Crippen LogP contribution in [0, 0.1) is 13.8 Å². The van der Waals surface area contributed by atoms with Gasteiger partial charge in [-0.15, -0.1) is 11.3 Å². The van der Waals surface area contributed by atoms with Crippen molar-refractivity contribution in [2.75, 3.05) is 12.4 Å². The Bertz CT molecular complexity index is 1430. The van der Waals surface area contributed by atoms with Crippen LogP contribution in [0.1, 0.15) is 16.7 Å². The molecular weight excluding hydrogens is 426 g/mol. The van der Waals surface area contributed by atoms with Crippen molar-refractivity contribution >= 4 is 33.1 Å². The van der Waals surface area contributed by atoms with Gasteiger partial charge in [0, 0.05) is 11.8 Å². The fourth-order valence-electron chi connectivity index (χ4n) is 3.55. The molecule has 1 N–H and O–H groups in total. The molecule has 0 atom stereocenters. The molecule has 0 saturated heterocycles. The highest BCUT2D eigenvalue weighted by Crippen LogP contribution is 2.18. The highest BCUT2D eigenvalue weighted by Gasteiger charge is 2.17. The lowest BCUT2D eigenvalue weighted by molar-refractivity contribution is -0.116. The number of nitrogens with one attached hydrogen (secondary N) is 1. The first kappa shape index (κ1) is 21.6. The van der Waals surface area contributed by atoms with Crippen LogP contribution in [0.2, 0.25) is 0 Å². The Morgan fingerprint density at radius 3 is 2.59 bits per heavy atom. The molecule has 1 amide bonds. The van der Waals surface area contributed by atoms with E-state index < -0.39 is 5.69 Å². The first-order chi connectivity index (χ1) is 15.4. The van der Waals surface area contributed by atoms with Crippen LogP contribution in [0.15, 0.2) is 63.5 Å². The Hall–Kier alpha value is -3.65. The van der Waals surface area contributed by atoms with E-state index in [0.29, 0.717) is 21.7 Å². The minimum atomic E-state index is -0.514. The molecule has 0 aliphatic heterocycles. The second-order valence-electron chi connectivity index (χ2n) is 7.59. The smallest absolute Gasteiger partial charge is 0.332 e. The summed E-state index contributed by atoms with van der Waals surface area (Å²) in [6.45, 7) is 3.93. The molecule has 32 heavy (non-hydrogen) atoms. The van der Waals surface area contributed by atoms with Crippen molar-refractivity contribution in [1.29, 1.82) is 0 Å². The van der Waals surface area contributed by atoms with Gasteiger partial charge in [0.15, 0.2) is 0 Å². The standard InChI is InChI=1S/C24H23N3O4S/c1-15-7-8-17(11-16(15)2)13-27-23(29)22-20(9-10-32-22)26(24(27)30)14-21(28)25-18-5-4-6-19(12-18)31-3/h4-12H,13-14H2,1-3H3,(H,25,28). The molecule has 2 heterocycles. The molecule has 0 radical (unpaired) electrons. The summed E-state index contributed by atoms with van der Waals surface area (Å²) in [5, 5.41) is 4.54. The van der Waals surface area contributed by atoms with E-state index in [4.69, 9.17) is 4.74 Å². The third-order valence-electron chi connectivity index (χ3n) is 5.40. The summed E-state index contributed by atoms with van der Waals surface area (Å²) in [5.41, 5.74) is 3.25. The Balaban J connectivity index is 1.70. The number of hydrogen-bond donors (Lipinski definition) is 1. The van der Waals surface area contributed by atoms with Gasteiger partial charge in [0.05, 0.1) is 19.2 Å². The molecule has 0 aliphatic rings. The number of carbonyl (C=O) groups is 1. The number of carbonyl (C=O) groups excluding carboxylic acids is 1. The van der Waals surface area contributed by atoms with Crippen molar-refractivity contribution in [2.24, 2.45) is 0 Å². The van der Waals surface area contributed by atoms with E-state index in [9.17, 15) is 14.4 Å². The Morgan fingerprint density at radius 1 is 1.03 bits per heavy atom. The van der Waals surface area contributed by atoms with Crippen molar-refractivity contribution in [1.82, 2.24) is 9.13 Å². The minimum absolute atomic E-state index is 0.143. The molecule has 4 rings (SSSR count). The summed E-state index contributed by atoms with van der Waals surface area (Å²) >= 11 is 1.26. The first-order valence-corrected chi connectivity index (χ1v) is 11.0. The predicted molar refractivity (Wildman–Crippen MR) is 127 cm³/mol. The average Bonchev–Trinajstić information content (AvgIpc) is 3.27. The Morgan fingerprint density at radius 2 is 1.84 bits per heavy atom. The van der Waals surface area contributed by atoms with Crippen LogP contribution >= 0.6 is 11.3 Å². The zero-order valence-corrected chi connectivity index (χ0v) is 18.9. The van der Waals surface area contributed by atoms with Gasteiger partial charge in [0.1, 0.15) is 17.0 Å². The quantitative estimate of drug-likeness (QED) is 0.488. The Kier molecular flexibility index (Phi) is 5.96. The van der Waals surface area contributed by atoms with Crippen molar-refractivity contribution in [2.45, 2.75) is 26.9 Å². The summed E-state index contributed by atoms with van der Waals surface area (Å²) in [6.07, 6.45) is 0. The summed E-state index contributed by atoms with van der Waals surface area (Å²) in [7, 11) is 1.55. The molecule has 0 unspecified atom stereocenters. The second kappa shape index (κ2) is 8.84. The molecule has 2 aromatic carbocycles. The van der Waals surface area contributed by atoms with Gasteiger partial charge in [-0.2, -0.15) is 0 Å². The Labute approximate surface area is 188 Å². The van der Waals surface area contributed by atoms with Gasteiger partial charge in [-0.1, -0.05) is 24.3 Å². The fourth-order valence-corrected chi connectivity index (χ4v) is 4.40. The van der Waals surface area contributed by atoms with Crippen LogP contribution in [0.5, 0.6) is 5.75 Å². The number of methoxy groups -OCH3 is 1. The van der Waals surface area contributed by atoms with Crippen LogP contribution in [-0.2, 0) is 17.9 Å². The first-order valence-electron chi connectivity index (χ1n) is 10.1. The molecule has 2 aromatic heterocycles. The molecule has 0 fully saturated rings. The summed E-state index contributed by atoms with van der Waals surface area (Å²) < 4.78 is 8.17. The summed E-state index contributed by atoms with van der Waals surface area (Å²) in [4.78, 5) is 39.0. The van der Waals surface area contributed by atoms with E-state index in [2.05, 4.69) is 5.32 Å². The molecule has 8 heteroatoms. The normalized spacial score (nSPS) is 11.0.